The van der Waals surface area contributed by atoms with Gasteiger partial charge in [0.25, 0.3) is 5.69 Å². The predicted molar refractivity (Wildman–Crippen MR) is 73.1 cm³/mol. The van der Waals surface area contributed by atoms with E-state index in [1.165, 1.54) is 6.07 Å². The SMILES string of the molecule is CCOC(=O)C(Cl)Cc1c(Cl)cc(Cl)cc1[N+](=O)[O-]. The molecule has 104 valence electrons. The first-order valence-corrected chi connectivity index (χ1v) is 6.49. The van der Waals surface area contributed by atoms with Crippen LogP contribution in [0.3, 0.4) is 0 Å². The molecule has 0 heterocycles. The molecule has 0 fully saturated rings. The lowest BCUT2D eigenvalue weighted by Gasteiger charge is -2.10. The van der Waals surface area contributed by atoms with E-state index in [2.05, 4.69) is 0 Å². The van der Waals surface area contributed by atoms with Crippen LogP contribution in [0, 0.1) is 10.1 Å². The number of benzene rings is 1. The summed E-state index contributed by atoms with van der Waals surface area (Å²) in [6, 6.07) is 2.53. The fourth-order valence-corrected chi connectivity index (χ4v) is 2.23. The van der Waals surface area contributed by atoms with Crippen LogP contribution in [-0.2, 0) is 16.0 Å². The van der Waals surface area contributed by atoms with Gasteiger partial charge in [-0.05, 0) is 13.0 Å². The van der Waals surface area contributed by atoms with E-state index in [1.54, 1.807) is 6.92 Å². The number of nitro groups is 1. The van der Waals surface area contributed by atoms with E-state index in [4.69, 9.17) is 39.5 Å². The first-order valence-electron chi connectivity index (χ1n) is 5.29. The molecular formula is C11H10Cl3NO4. The molecule has 1 atom stereocenters. The van der Waals surface area contributed by atoms with E-state index < -0.39 is 16.3 Å². The van der Waals surface area contributed by atoms with Crippen molar-refractivity contribution in [3.05, 3.63) is 37.9 Å². The summed E-state index contributed by atoms with van der Waals surface area (Å²) in [5.74, 6) is -0.649. The van der Waals surface area contributed by atoms with Gasteiger partial charge in [-0.25, -0.2) is 0 Å². The van der Waals surface area contributed by atoms with Crippen LogP contribution in [0.5, 0.6) is 0 Å². The molecular weight excluding hydrogens is 316 g/mol. The highest BCUT2D eigenvalue weighted by Crippen LogP contribution is 2.32. The van der Waals surface area contributed by atoms with Crippen LogP contribution in [0.4, 0.5) is 5.69 Å². The van der Waals surface area contributed by atoms with Crippen molar-refractivity contribution in [1.82, 2.24) is 0 Å². The highest BCUT2D eigenvalue weighted by molar-refractivity contribution is 6.36. The molecule has 0 aliphatic carbocycles. The van der Waals surface area contributed by atoms with Crippen LogP contribution < -0.4 is 0 Å². The van der Waals surface area contributed by atoms with Crippen molar-refractivity contribution in [2.24, 2.45) is 0 Å². The molecule has 0 N–H and O–H groups in total. The summed E-state index contributed by atoms with van der Waals surface area (Å²) in [4.78, 5) is 21.7. The number of nitrogens with zero attached hydrogens (tertiary/aromatic N) is 1. The lowest BCUT2D eigenvalue weighted by Crippen LogP contribution is -2.20. The molecule has 1 unspecified atom stereocenters. The van der Waals surface area contributed by atoms with Gasteiger partial charge in [0.05, 0.1) is 22.1 Å². The summed E-state index contributed by atoms with van der Waals surface area (Å²) in [5, 5.41) is 10.1. The topological polar surface area (TPSA) is 69.4 Å². The van der Waals surface area contributed by atoms with Crippen LogP contribution in [0.1, 0.15) is 12.5 Å². The standard InChI is InChI=1S/C11H10Cl3NO4/c1-2-19-11(16)9(14)5-7-8(13)3-6(12)4-10(7)15(17)18/h3-4,9H,2,5H2,1H3. The zero-order chi connectivity index (χ0) is 14.6. The molecule has 5 nitrogen and oxygen atoms in total. The molecule has 1 aromatic carbocycles. The number of ether oxygens (including phenoxy) is 1. The Morgan fingerprint density at radius 1 is 1.47 bits per heavy atom. The van der Waals surface area contributed by atoms with E-state index in [9.17, 15) is 14.9 Å². The largest absolute Gasteiger partial charge is 0.465 e. The molecule has 1 aromatic rings. The van der Waals surface area contributed by atoms with Crippen molar-refractivity contribution in [2.75, 3.05) is 6.61 Å². The van der Waals surface area contributed by atoms with E-state index >= 15 is 0 Å². The fourth-order valence-electron chi connectivity index (χ4n) is 1.45. The van der Waals surface area contributed by atoms with Crippen LogP contribution in [-0.4, -0.2) is 22.9 Å². The minimum Gasteiger partial charge on any atom is -0.465 e. The molecule has 0 aromatic heterocycles. The zero-order valence-electron chi connectivity index (χ0n) is 9.86. The minimum absolute atomic E-state index is 0.0918. The van der Waals surface area contributed by atoms with Gasteiger partial charge in [-0.1, -0.05) is 23.2 Å². The van der Waals surface area contributed by atoms with Gasteiger partial charge in [-0.2, -0.15) is 0 Å². The van der Waals surface area contributed by atoms with Crippen molar-refractivity contribution in [3.63, 3.8) is 0 Å². The number of nitro benzene ring substituents is 1. The summed E-state index contributed by atoms with van der Waals surface area (Å²) in [6.45, 7) is 1.82. The normalized spacial score (nSPS) is 12.0. The van der Waals surface area contributed by atoms with Crippen molar-refractivity contribution in [3.8, 4) is 0 Å². The zero-order valence-corrected chi connectivity index (χ0v) is 12.1. The smallest absolute Gasteiger partial charge is 0.324 e. The summed E-state index contributed by atoms with van der Waals surface area (Å²) in [6.07, 6.45) is -0.104. The second-order valence-corrected chi connectivity index (χ2v) is 4.94. The van der Waals surface area contributed by atoms with Gasteiger partial charge in [-0.3, -0.25) is 14.9 Å². The Balaban J connectivity index is 3.06. The molecule has 0 aliphatic rings. The lowest BCUT2D eigenvalue weighted by molar-refractivity contribution is -0.385. The average molecular weight is 327 g/mol. The minimum atomic E-state index is -1.04. The van der Waals surface area contributed by atoms with Gasteiger partial charge in [0.2, 0.25) is 0 Å². The molecule has 0 bridgehead atoms. The lowest BCUT2D eigenvalue weighted by atomic mass is 10.1. The second kappa shape index (κ2) is 6.93. The monoisotopic (exact) mass is 325 g/mol. The van der Waals surface area contributed by atoms with Crippen LogP contribution in [0.15, 0.2) is 12.1 Å². The summed E-state index contributed by atoms with van der Waals surface area (Å²) < 4.78 is 4.73. The fraction of sp³-hybridized carbons (Fsp3) is 0.364. The molecule has 0 radical (unpaired) electrons. The van der Waals surface area contributed by atoms with Crippen molar-refractivity contribution in [1.29, 1.82) is 0 Å². The summed E-state index contributed by atoms with van der Waals surface area (Å²) in [5.41, 5.74) is -0.114. The van der Waals surface area contributed by atoms with E-state index in [1.807, 2.05) is 0 Å². The molecule has 0 saturated carbocycles. The Morgan fingerprint density at radius 3 is 2.63 bits per heavy atom. The second-order valence-electron chi connectivity index (χ2n) is 3.57. The number of rotatable bonds is 5. The third kappa shape index (κ3) is 4.23. The van der Waals surface area contributed by atoms with Gasteiger partial charge >= 0.3 is 5.97 Å². The first-order chi connectivity index (χ1) is 8.86. The van der Waals surface area contributed by atoms with Crippen molar-refractivity contribution < 1.29 is 14.5 Å². The van der Waals surface area contributed by atoms with Crippen molar-refractivity contribution in [2.45, 2.75) is 18.7 Å². The highest BCUT2D eigenvalue weighted by atomic mass is 35.5. The summed E-state index contributed by atoms with van der Waals surface area (Å²) >= 11 is 17.5. The maximum absolute atomic E-state index is 11.4. The van der Waals surface area contributed by atoms with Crippen LogP contribution in [0.25, 0.3) is 0 Å². The maximum atomic E-state index is 11.4. The number of alkyl halides is 1. The molecule has 1 rings (SSSR count). The summed E-state index contributed by atoms with van der Waals surface area (Å²) in [7, 11) is 0. The number of hydrogen-bond donors (Lipinski definition) is 0. The number of hydrogen-bond acceptors (Lipinski definition) is 4. The molecule has 0 amide bonds. The number of carbonyl (C=O) groups is 1. The Hall–Kier alpha value is -1.04. The quantitative estimate of drug-likeness (QED) is 0.359. The van der Waals surface area contributed by atoms with Crippen molar-refractivity contribution >= 4 is 46.5 Å². The maximum Gasteiger partial charge on any atom is 0.324 e. The third-order valence-corrected chi connectivity index (χ3v) is 3.15. The third-order valence-electron chi connectivity index (χ3n) is 2.26. The Labute approximate surface area is 124 Å². The number of halogens is 3. The van der Waals surface area contributed by atoms with Gasteiger partial charge in [0.1, 0.15) is 5.38 Å². The Bertz CT molecular complexity index is 507. The van der Waals surface area contributed by atoms with E-state index in [-0.39, 0.29) is 34.3 Å². The van der Waals surface area contributed by atoms with Gasteiger partial charge in [0.15, 0.2) is 0 Å². The van der Waals surface area contributed by atoms with Gasteiger partial charge < -0.3 is 4.74 Å². The molecule has 8 heteroatoms. The number of esters is 1. The molecule has 0 aliphatic heterocycles. The van der Waals surface area contributed by atoms with Crippen LogP contribution in [0.2, 0.25) is 10.0 Å². The average Bonchev–Trinajstić information content (AvgIpc) is 2.32. The van der Waals surface area contributed by atoms with E-state index in [0.29, 0.717) is 0 Å². The Kier molecular flexibility index (Phi) is 5.85. The predicted octanol–water partition coefficient (Wildman–Crippen LogP) is 3.61. The molecule has 19 heavy (non-hydrogen) atoms. The van der Waals surface area contributed by atoms with Gasteiger partial charge in [0, 0.05) is 17.5 Å². The number of carbonyl (C=O) groups excluding carboxylic acids is 1. The Morgan fingerprint density at radius 2 is 2.11 bits per heavy atom. The first kappa shape index (κ1) is 16.0. The van der Waals surface area contributed by atoms with Crippen LogP contribution >= 0.6 is 34.8 Å². The van der Waals surface area contributed by atoms with E-state index in [0.717, 1.165) is 6.07 Å². The van der Waals surface area contributed by atoms with Gasteiger partial charge in [-0.15, -0.1) is 11.6 Å². The highest BCUT2D eigenvalue weighted by Gasteiger charge is 2.25. The molecule has 0 saturated heterocycles. The molecule has 0 spiro atoms.